The normalized spacial score (nSPS) is 11.5. The van der Waals surface area contributed by atoms with Gasteiger partial charge in [0, 0.05) is 29.3 Å². The molecule has 4 aromatic rings. The second-order valence-corrected chi connectivity index (χ2v) is 9.85. The van der Waals surface area contributed by atoms with Gasteiger partial charge < -0.3 is 25.8 Å². The van der Waals surface area contributed by atoms with E-state index in [4.69, 9.17) is 20.2 Å². The van der Waals surface area contributed by atoms with Crippen LogP contribution < -0.4 is 26.4 Å². The smallest absolute Gasteiger partial charge is 0.321 e. The van der Waals surface area contributed by atoms with Crippen LogP contribution in [-0.2, 0) is 4.74 Å². The number of methoxy groups -OCH3 is 2. The Morgan fingerprint density at radius 2 is 1.89 bits per heavy atom. The molecule has 0 bridgehead atoms. The number of anilines is 3. The minimum atomic E-state index is -0.391. The third-order valence-electron chi connectivity index (χ3n) is 5.11. The Hall–Kier alpha value is -4.00. The van der Waals surface area contributed by atoms with E-state index in [-0.39, 0.29) is 17.8 Å². The number of nitrogens with zero attached hydrogens (tertiary/aromatic N) is 2. The Morgan fingerprint density at radius 1 is 1.08 bits per heavy atom. The van der Waals surface area contributed by atoms with Crippen molar-refractivity contribution in [1.29, 1.82) is 0 Å². The molecule has 192 valence electrons. The molecule has 1 atom stereocenters. The van der Waals surface area contributed by atoms with Crippen LogP contribution in [0.4, 0.5) is 21.4 Å². The Bertz CT molecular complexity index is 1400. The molecular formula is C25H26N6O4S2. The monoisotopic (exact) mass is 538 g/mol. The highest BCUT2D eigenvalue weighted by molar-refractivity contribution is 7.23. The van der Waals surface area contributed by atoms with Gasteiger partial charge in [0.1, 0.15) is 21.5 Å². The molecule has 2 aromatic heterocycles. The minimum absolute atomic E-state index is 0.153. The van der Waals surface area contributed by atoms with Crippen molar-refractivity contribution < 1.29 is 19.1 Å². The van der Waals surface area contributed by atoms with Gasteiger partial charge in [0.15, 0.2) is 5.13 Å². The van der Waals surface area contributed by atoms with Gasteiger partial charge >= 0.3 is 6.03 Å². The lowest BCUT2D eigenvalue weighted by Crippen LogP contribution is -2.38. The summed E-state index contributed by atoms with van der Waals surface area (Å²) in [5.74, 6) is 0.650. The number of nitrogens with one attached hydrogen (secondary N) is 3. The number of hydrogen-bond acceptors (Lipinski definition) is 9. The van der Waals surface area contributed by atoms with Crippen LogP contribution in [0.25, 0.3) is 21.1 Å². The average Bonchev–Trinajstić information content (AvgIpc) is 3.50. The standard InChI is InChI=1S/C25H26N6O4S2/c1-14(12-34-2)27-24(33)31-25-30-21(26)20(37-25)23-29-19(13-36-23)15-6-4-8-17(10-15)28-22(32)16-7-5-9-18(11-16)35-3/h4-11,13-14H,12,26H2,1-3H3,(H,28,32)(H2,27,30,31,33). The molecule has 10 nitrogen and oxygen atoms in total. The van der Waals surface area contributed by atoms with Crippen molar-refractivity contribution in [2.45, 2.75) is 13.0 Å². The summed E-state index contributed by atoms with van der Waals surface area (Å²) in [6.07, 6.45) is 0. The zero-order valence-electron chi connectivity index (χ0n) is 20.4. The van der Waals surface area contributed by atoms with Crippen molar-refractivity contribution in [2.75, 3.05) is 37.2 Å². The van der Waals surface area contributed by atoms with Gasteiger partial charge in [0.05, 0.1) is 25.5 Å². The van der Waals surface area contributed by atoms with Crippen LogP contribution in [0.3, 0.4) is 0 Å². The summed E-state index contributed by atoms with van der Waals surface area (Å²) in [6.45, 7) is 2.23. The molecule has 3 amide bonds. The molecule has 0 saturated heterocycles. The maximum atomic E-state index is 12.7. The molecular weight excluding hydrogens is 512 g/mol. The van der Waals surface area contributed by atoms with E-state index in [9.17, 15) is 9.59 Å². The maximum absolute atomic E-state index is 12.7. The number of hydrogen-bond donors (Lipinski definition) is 4. The van der Waals surface area contributed by atoms with Crippen LogP contribution in [0.2, 0.25) is 0 Å². The lowest BCUT2D eigenvalue weighted by molar-refractivity contribution is 0.102. The van der Waals surface area contributed by atoms with Gasteiger partial charge in [-0.15, -0.1) is 11.3 Å². The predicted octanol–water partition coefficient (Wildman–Crippen LogP) is 4.93. The second-order valence-electron chi connectivity index (χ2n) is 7.99. The molecule has 4 rings (SSSR count). The van der Waals surface area contributed by atoms with Crippen LogP contribution in [0, 0.1) is 0 Å². The van der Waals surface area contributed by atoms with E-state index in [1.807, 2.05) is 36.6 Å². The number of carbonyl (C=O) groups excluding carboxylic acids is 2. The van der Waals surface area contributed by atoms with Crippen LogP contribution in [-0.4, -0.2) is 48.8 Å². The molecule has 37 heavy (non-hydrogen) atoms. The highest BCUT2D eigenvalue weighted by atomic mass is 32.1. The summed E-state index contributed by atoms with van der Waals surface area (Å²) in [6, 6.07) is 13.8. The quantitative estimate of drug-likeness (QED) is 0.237. The molecule has 2 heterocycles. The highest BCUT2D eigenvalue weighted by Gasteiger charge is 2.17. The fourth-order valence-corrected chi connectivity index (χ4v) is 5.23. The summed E-state index contributed by atoms with van der Waals surface area (Å²) in [4.78, 5) is 34.5. The van der Waals surface area contributed by atoms with E-state index in [2.05, 4.69) is 20.9 Å². The molecule has 0 aliphatic heterocycles. The molecule has 0 spiro atoms. The van der Waals surface area contributed by atoms with E-state index < -0.39 is 6.03 Å². The predicted molar refractivity (Wildman–Crippen MR) is 148 cm³/mol. The Morgan fingerprint density at radius 3 is 2.68 bits per heavy atom. The minimum Gasteiger partial charge on any atom is -0.497 e. The second kappa shape index (κ2) is 11.8. The largest absolute Gasteiger partial charge is 0.497 e. The fraction of sp³-hybridized carbons (Fsp3) is 0.200. The number of nitrogen functional groups attached to an aromatic ring is 1. The number of nitrogens with two attached hydrogens (primary N) is 1. The van der Waals surface area contributed by atoms with Gasteiger partial charge in [-0.1, -0.05) is 29.5 Å². The molecule has 2 aromatic carbocycles. The molecule has 1 unspecified atom stereocenters. The molecule has 0 aliphatic rings. The van der Waals surface area contributed by atoms with Crippen molar-refractivity contribution >= 4 is 51.2 Å². The summed E-state index contributed by atoms with van der Waals surface area (Å²) in [5, 5.41) is 11.3. The number of carbonyl (C=O) groups is 2. The molecule has 5 N–H and O–H groups in total. The van der Waals surface area contributed by atoms with Gasteiger partial charge in [-0.3, -0.25) is 10.1 Å². The first-order valence-electron chi connectivity index (χ1n) is 11.2. The number of aromatic nitrogens is 2. The van der Waals surface area contributed by atoms with Gasteiger partial charge in [-0.05, 0) is 37.3 Å². The van der Waals surface area contributed by atoms with E-state index in [0.29, 0.717) is 38.6 Å². The first-order chi connectivity index (χ1) is 17.9. The van der Waals surface area contributed by atoms with E-state index in [0.717, 1.165) is 11.3 Å². The third-order valence-corrected chi connectivity index (χ3v) is 7.10. The lowest BCUT2D eigenvalue weighted by Gasteiger charge is -2.12. The van der Waals surface area contributed by atoms with E-state index in [1.54, 1.807) is 38.5 Å². The third kappa shape index (κ3) is 6.61. The molecule has 0 radical (unpaired) electrons. The van der Waals surface area contributed by atoms with Gasteiger partial charge in [-0.25, -0.2) is 14.8 Å². The van der Waals surface area contributed by atoms with Crippen LogP contribution in [0.5, 0.6) is 5.75 Å². The molecule has 0 aliphatic carbocycles. The van der Waals surface area contributed by atoms with Crippen molar-refractivity contribution in [3.8, 4) is 26.9 Å². The number of ether oxygens (including phenoxy) is 2. The van der Waals surface area contributed by atoms with Crippen LogP contribution >= 0.6 is 22.7 Å². The van der Waals surface area contributed by atoms with E-state index in [1.165, 1.54) is 22.7 Å². The summed E-state index contributed by atoms with van der Waals surface area (Å²) < 4.78 is 10.2. The SMILES string of the molecule is COCC(C)NC(=O)Nc1nc(N)c(-c2nc(-c3cccc(NC(=O)c4cccc(OC)c4)c3)cs2)s1. The first-order valence-corrected chi connectivity index (χ1v) is 12.9. The Labute approximate surface area is 221 Å². The summed E-state index contributed by atoms with van der Waals surface area (Å²) >= 11 is 2.66. The van der Waals surface area contributed by atoms with Crippen molar-refractivity contribution in [2.24, 2.45) is 0 Å². The van der Waals surface area contributed by atoms with Crippen LogP contribution in [0.1, 0.15) is 17.3 Å². The number of amides is 3. The van der Waals surface area contributed by atoms with E-state index >= 15 is 0 Å². The highest BCUT2D eigenvalue weighted by Crippen LogP contribution is 2.38. The zero-order valence-corrected chi connectivity index (χ0v) is 22.0. The lowest BCUT2D eigenvalue weighted by atomic mass is 10.1. The van der Waals surface area contributed by atoms with Gasteiger partial charge in [0.2, 0.25) is 0 Å². The van der Waals surface area contributed by atoms with Gasteiger partial charge in [-0.2, -0.15) is 0 Å². The van der Waals surface area contributed by atoms with Gasteiger partial charge in [0.25, 0.3) is 5.91 Å². The molecule has 12 heteroatoms. The number of benzene rings is 2. The molecule has 0 saturated carbocycles. The summed E-state index contributed by atoms with van der Waals surface area (Å²) in [5.41, 5.74) is 8.81. The summed E-state index contributed by atoms with van der Waals surface area (Å²) in [7, 11) is 3.13. The maximum Gasteiger partial charge on any atom is 0.321 e. The molecule has 0 fully saturated rings. The van der Waals surface area contributed by atoms with Crippen molar-refractivity contribution in [1.82, 2.24) is 15.3 Å². The topological polar surface area (TPSA) is 140 Å². The Balaban J connectivity index is 1.46. The first kappa shape index (κ1) is 26.1. The Kier molecular flexibility index (Phi) is 8.33. The number of rotatable bonds is 9. The fourth-order valence-electron chi connectivity index (χ4n) is 3.42. The van der Waals surface area contributed by atoms with Crippen molar-refractivity contribution in [3.63, 3.8) is 0 Å². The zero-order chi connectivity index (χ0) is 26.4. The average molecular weight is 539 g/mol. The van der Waals surface area contributed by atoms with Crippen molar-refractivity contribution in [3.05, 3.63) is 59.5 Å². The van der Waals surface area contributed by atoms with Crippen LogP contribution in [0.15, 0.2) is 53.9 Å². The number of thiazole rings is 2. The number of urea groups is 1.